The maximum absolute atomic E-state index is 13.2. The molecule has 3 aromatic rings. The van der Waals surface area contributed by atoms with E-state index in [1.807, 2.05) is 4.90 Å². The number of nitrogens with zero attached hydrogens (tertiary/aromatic N) is 1. The molecule has 2 aromatic carbocycles. The lowest BCUT2D eigenvalue weighted by Crippen LogP contribution is -2.45. The van der Waals surface area contributed by atoms with E-state index in [9.17, 15) is 14.4 Å². The number of fused-ring (bicyclic) bond motifs is 3. The largest absolute Gasteiger partial charge is 0.493 e. The normalized spacial score (nSPS) is 17.9. The van der Waals surface area contributed by atoms with Gasteiger partial charge in [-0.2, -0.15) is 0 Å². The van der Waals surface area contributed by atoms with Gasteiger partial charge in [0.1, 0.15) is 11.3 Å². The molecule has 33 heavy (non-hydrogen) atoms. The van der Waals surface area contributed by atoms with Crippen molar-refractivity contribution >= 4 is 28.5 Å². The molecule has 0 radical (unpaired) electrons. The summed E-state index contributed by atoms with van der Waals surface area (Å²) in [5.74, 6) is 0.193. The highest BCUT2D eigenvalue weighted by atomic mass is 16.5. The molecule has 1 fully saturated rings. The van der Waals surface area contributed by atoms with Crippen molar-refractivity contribution < 1.29 is 23.5 Å². The third kappa shape index (κ3) is 3.92. The van der Waals surface area contributed by atoms with Gasteiger partial charge in [0.05, 0.1) is 19.3 Å². The number of para-hydroxylation sites is 1. The smallest absolute Gasteiger partial charge is 0.349 e. The van der Waals surface area contributed by atoms with Gasteiger partial charge >= 0.3 is 5.63 Å². The lowest BCUT2D eigenvalue weighted by atomic mass is 9.97. The number of benzene rings is 2. The summed E-state index contributed by atoms with van der Waals surface area (Å²) < 4.78 is 16.4. The molecule has 2 aliphatic rings. The van der Waals surface area contributed by atoms with Gasteiger partial charge in [-0.1, -0.05) is 12.1 Å². The monoisotopic (exact) mass is 448 g/mol. The first-order chi connectivity index (χ1) is 16.0. The van der Waals surface area contributed by atoms with Crippen molar-refractivity contribution in [3.63, 3.8) is 0 Å². The van der Waals surface area contributed by atoms with Gasteiger partial charge in [0.25, 0.3) is 11.8 Å². The van der Waals surface area contributed by atoms with E-state index in [4.69, 9.17) is 13.9 Å². The molecule has 3 heterocycles. The Kier molecular flexibility index (Phi) is 5.50. The molecular weight excluding hydrogens is 424 g/mol. The number of carbonyl (C=O) groups excluding carboxylic acids is 2. The van der Waals surface area contributed by atoms with E-state index in [1.54, 1.807) is 36.4 Å². The lowest BCUT2D eigenvalue weighted by molar-refractivity contribution is 0.0548. The number of nitrogens with one attached hydrogen (secondary N) is 1. The zero-order valence-corrected chi connectivity index (χ0v) is 18.3. The third-order valence-corrected chi connectivity index (χ3v) is 6.25. The van der Waals surface area contributed by atoms with Gasteiger partial charge in [0, 0.05) is 30.1 Å². The van der Waals surface area contributed by atoms with Crippen molar-refractivity contribution in [2.24, 2.45) is 0 Å². The number of piperidine rings is 1. The Labute approximate surface area is 190 Å². The van der Waals surface area contributed by atoms with E-state index in [-0.39, 0.29) is 23.1 Å². The molecule has 0 aliphatic carbocycles. The average molecular weight is 448 g/mol. The Morgan fingerprint density at radius 2 is 2.00 bits per heavy atom. The number of hydrogen-bond acceptors (Lipinski definition) is 6. The predicted octanol–water partition coefficient (Wildman–Crippen LogP) is 3.83. The highest BCUT2D eigenvalue weighted by Gasteiger charge is 2.31. The van der Waals surface area contributed by atoms with E-state index in [0.717, 1.165) is 32.2 Å². The number of hydrogen-bond donors (Lipinski definition) is 1. The summed E-state index contributed by atoms with van der Waals surface area (Å²) in [6.07, 6.45) is 3.88. The van der Waals surface area contributed by atoms with Crippen LogP contribution in [0.5, 0.6) is 11.5 Å². The Morgan fingerprint density at radius 1 is 1.12 bits per heavy atom. The zero-order chi connectivity index (χ0) is 22.9. The van der Waals surface area contributed by atoms with Crippen LogP contribution in [-0.2, 0) is 0 Å². The quantitative estimate of drug-likeness (QED) is 0.612. The minimum atomic E-state index is -0.772. The fourth-order valence-electron chi connectivity index (χ4n) is 4.56. The molecule has 1 N–H and O–H groups in total. The number of anilines is 1. The van der Waals surface area contributed by atoms with Crippen LogP contribution in [-0.4, -0.2) is 43.0 Å². The SMILES string of the molecule is COc1cccc2cc(C(=O)Nc3ccc4c(c3)C(=O)N3CCCCC3CCO4)c(=O)oc12. The van der Waals surface area contributed by atoms with E-state index < -0.39 is 11.5 Å². The van der Waals surface area contributed by atoms with Crippen LogP contribution in [0.1, 0.15) is 46.4 Å². The Morgan fingerprint density at radius 3 is 2.85 bits per heavy atom. The molecular formula is C25H24N2O6. The second kappa shape index (κ2) is 8.61. The van der Waals surface area contributed by atoms with Gasteiger partial charge in [-0.05, 0) is 49.6 Å². The minimum absolute atomic E-state index is 0.0946. The first kappa shape index (κ1) is 21.1. The van der Waals surface area contributed by atoms with Crippen LogP contribution in [0.4, 0.5) is 5.69 Å². The summed E-state index contributed by atoms with van der Waals surface area (Å²) in [6.45, 7) is 1.26. The first-order valence-corrected chi connectivity index (χ1v) is 11.0. The molecule has 1 saturated heterocycles. The van der Waals surface area contributed by atoms with Gasteiger partial charge < -0.3 is 24.1 Å². The van der Waals surface area contributed by atoms with E-state index >= 15 is 0 Å². The third-order valence-electron chi connectivity index (χ3n) is 6.25. The van der Waals surface area contributed by atoms with Gasteiger partial charge in [0.2, 0.25) is 0 Å². The summed E-state index contributed by atoms with van der Waals surface area (Å²) in [5.41, 5.74) is 0.179. The highest BCUT2D eigenvalue weighted by Crippen LogP contribution is 2.31. The molecule has 2 amide bonds. The molecule has 8 nitrogen and oxygen atoms in total. The zero-order valence-electron chi connectivity index (χ0n) is 18.3. The van der Waals surface area contributed by atoms with Crippen LogP contribution >= 0.6 is 0 Å². The van der Waals surface area contributed by atoms with Crippen molar-refractivity contribution in [1.29, 1.82) is 0 Å². The highest BCUT2D eigenvalue weighted by molar-refractivity contribution is 6.06. The second-order valence-corrected chi connectivity index (χ2v) is 8.28. The number of ether oxygens (including phenoxy) is 2. The Balaban J connectivity index is 1.44. The summed E-state index contributed by atoms with van der Waals surface area (Å²) in [6, 6.07) is 11.8. The first-order valence-electron chi connectivity index (χ1n) is 11.0. The van der Waals surface area contributed by atoms with Gasteiger partial charge in [-0.3, -0.25) is 9.59 Å². The van der Waals surface area contributed by atoms with Gasteiger partial charge in [-0.15, -0.1) is 0 Å². The fraction of sp³-hybridized carbons (Fsp3) is 0.320. The van der Waals surface area contributed by atoms with Crippen molar-refractivity contribution in [1.82, 2.24) is 4.90 Å². The van der Waals surface area contributed by atoms with Crippen LogP contribution in [0.15, 0.2) is 51.7 Å². The van der Waals surface area contributed by atoms with E-state index in [2.05, 4.69) is 5.32 Å². The lowest BCUT2D eigenvalue weighted by Gasteiger charge is -2.37. The summed E-state index contributed by atoms with van der Waals surface area (Å²) in [4.78, 5) is 40.6. The number of methoxy groups -OCH3 is 1. The molecule has 0 saturated carbocycles. The van der Waals surface area contributed by atoms with Crippen molar-refractivity contribution in [2.75, 3.05) is 25.6 Å². The molecule has 5 rings (SSSR count). The van der Waals surface area contributed by atoms with Crippen LogP contribution in [0.2, 0.25) is 0 Å². The summed E-state index contributed by atoms with van der Waals surface area (Å²) in [7, 11) is 1.48. The maximum atomic E-state index is 13.2. The number of carbonyl (C=O) groups is 2. The molecule has 0 spiro atoms. The van der Waals surface area contributed by atoms with E-state index in [1.165, 1.54) is 13.2 Å². The number of amides is 2. The molecule has 1 aromatic heterocycles. The number of rotatable bonds is 3. The van der Waals surface area contributed by atoms with Gasteiger partial charge in [-0.25, -0.2) is 4.79 Å². The van der Waals surface area contributed by atoms with Gasteiger partial charge in [0.15, 0.2) is 11.3 Å². The molecule has 1 atom stereocenters. The molecule has 2 aliphatic heterocycles. The topological polar surface area (TPSA) is 98.1 Å². The summed E-state index contributed by atoms with van der Waals surface area (Å²) >= 11 is 0. The maximum Gasteiger partial charge on any atom is 0.349 e. The molecule has 8 heteroatoms. The Bertz CT molecular complexity index is 1300. The fourth-order valence-corrected chi connectivity index (χ4v) is 4.56. The van der Waals surface area contributed by atoms with E-state index in [0.29, 0.717) is 34.7 Å². The predicted molar refractivity (Wildman–Crippen MR) is 122 cm³/mol. The molecule has 0 bridgehead atoms. The van der Waals surface area contributed by atoms with Crippen LogP contribution in [0.3, 0.4) is 0 Å². The molecule has 1 unspecified atom stereocenters. The summed E-state index contributed by atoms with van der Waals surface area (Å²) in [5, 5.41) is 3.28. The molecule has 170 valence electrons. The Hall–Kier alpha value is -3.81. The van der Waals surface area contributed by atoms with Crippen molar-refractivity contribution in [2.45, 2.75) is 31.7 Å². The second-order valence-electron chi connectivity index (χ2n) is 8.28. The van der Waals surface area contributed by atoms with Crippen molar-refractivity contribution in [3.05, 3.63) is 64.0 Å². The van der Waals surface area contributed by atoms with Crippen LogP contribution in [0, 0.1) is 0 Å². The minimum Gasteiger partial charge on any atom is -0.493 e. The van der Waals surface area contributed by atoms with Crippen LogP contribution < -0.4 is 20.4 Å². The van der Waals surface area contributed by atoms with Crippen molar-refractivity contribution in [3.8, 4) is 11.5 Å². The average Bonchev–Trinajstić information content (AvgIpc) is 2.83. The van der Waals surface area contributed by atoms with Crippen LogP contribution in [0.25, 0.3) is 11.0 Å². The standard InChI is InChI=1S/C25H24N2O6/c1-31-21-7-4-5-15-13-19(25(30)33-22(15)21)23(28)26-16-8-9-20-18(14-16)24(29)27-11-3-2-6-17(27)10-12-32-20/h4-5,7-9,13-14,17H,2-3,6,10-12H2,1H3,(H,26,28).